The van der Waals surface area contributed by atoms with E-state index in [1.807, 2.05) is 33.6 Å². The monoisotopic (exact) mass is 377 g/mol. The number of oxime groups is 1. The van der Waals surface area contributed by atoms with Gasteiger partial charge in [-0.1, -0.05) is 5.16 Å². The number of ether oxygens (including phenoxy) is 1. The number of hydrogen-bond donors (Lipinski definition) is 0. The third kappa shape index (κ3) is 3.35. The average Bonchev–Trinajstić information content (AvgIpc) is 3.33. The van der Waals surface area contributed by atoms with E-state index in [1.54, 1.807) is 0 Å². The Hall–Kier alpha value is -1.93. The summed E-state index contributed by atoms with van der Waals surface area (Å²) in [4.78, 5) is 34.2. The maximum absolute atomic E-state index is 12.6. The van der Waals surface area contributed by atoms with Crippen molar-refractivity contribution in [2.75, 3.05) is 32.8 Å². The van der Waals surface area contributed by atoms with Crippen LogP contribution in [-0.2, 0) is 14.4 Å². The molecule has 4 heterocycles. The minimum absolute atomic E-state index is 0.00228. The van der Waals surface area contributed by atoms with E-state index in [0.29, 0.717) is 39.2 Å². The Balaban J connectivity index is 1.35. The van der Waals surface area contributed by atoms with Crippen molar-refractivity contribution in [3.05, 3.63) is 22.4 Å². The first kappa shape index (κ1) is 17.5. The first-order valence-corrected chi connectivity index (χ1v) is 9.94. The van der Waals surface area contributed by atoms with Crippen LogP contribution in [0.1, 0.15) is 36.5 Å². The Kier molecular flexibility index (Phi) is 4.71. The predicted octanol–water partition coefficient (Wildman–Crippen LogP) is 1.75. The number of likely N-dealkylation sites (tertiary alicyclic amines) is 1. The summed E-state index contributed by atoms with van der Waals surface area (Å²) in [5.74, 6) is 0.0712. The van der Waals surface area contributed by atoms with Gasteiger partial charge in [0.1, 0.15) is 0 Å². The van der Waals surface area contributed by atoms with E-state index in [-0.39, 0.29) is 17.4 Å². The summed E-state index contributed by atoms with van der Waals surface area (Å²) in [6.07, 6.45) is 1.56. The predicted molar refractivity (Wildman–Crippen MR) is 97.3 cm³/mol. The Bertz CT molecular complexity index is 710. The molecule has 4 rings (SSSR count). The van der Waals surface area contributed by atoms with E-state index in [0.717, 1.165) is 24.1 Å². The molecular formula is C18H23N3O4S. The number of amides is 2. The largest absolute Gasteiger partial charge is 0.382 e. The van der Waals surface area contributed by atoms with Gasteiger partial charge in [-0.25, -0.2) is 0 Å². The molecule has 0 radical (unpaired) electrons. The van der Waals surface area contributed by atoms with Crippen LogP contribution >= 0.6 is 11.3 Å². The van der Waals surface area contributed by atoms with Gasteiger partial charge >= 0.3 is 0 Å². The molecule has 7 nitrogen and oxygen atoms in total. The third-order valence-corrected chi connectivity index (χ3v) is 6.07. The lowest BCUT2D eigenvalue weighted by Crippen LogP contribution is -2.59. The van der Waals surface area contributed by atoms with Crippen molar-refractivity contribution in [2.45, 2.75) is 37.9 Å². The fourth-order valence-corrected chi connectivity index (χ4v) is 4.49. The zero-order chi connectivity index (χ0) is 18.1. The molecule has 2 saturated heterocycles. The molecule has 26 heavy (non-hydrogen) atoms. The second kappa shape index (κ2) is 7.00. The lowest BCUT2D eigenvalue weighted by Gasteiger charge is -2.47. The molecule has 1 unspecified atom stereocenters. The molecule has 0 aromatic carbocycles. The third-order valence-electron chi connectivity index (χ3n) is 5.38. The fourth-order valence-electron chi connectivity index (χ4n) is 3.86. The quantitative estimate of drug-likeness (QED) is 0.787. The summed E-state index contributed by atoms with van der Waals surface area (Å²) >= 11 is 1.53. The highest BCUT2D eigenvalue weighted by Gasteiger charge is 2.43. The molecule has 2 amide bonds. The number of piperidine rings is 1. The molecule has 1 aromatic heterocycles. The maximum atomic E-state index is 12.6. The van der Waals surface area contributed by atoms with E-state index < -0.39 is 6.10 Å². The normalized spacial score (nSPS) is 25.1. The minimum Gasteiger partial charge on any atom is -0.382 e. The van der Waals surface area contributed by atoms with E-state index >= 15 is 0 Å². The SMILES string of the molecule is CC1=NOC(C(=O)N2CCC3(CC2)CN(C(=O)c2ccsc2)CCO3)C1. The number of morpholine rings is 1. The molecule has 1 spiro atoms. The zero-order valence-corrected chi connectivity index (χ0v) is 15.7. The molecule has 8 heteroatoms. The lowest BCUT2D eigenvalue weighted by molar-refractivity contribution is -0.155. The van der Waals surface area contributed by atoms with Gasteiger partial charge in [0.15, 0.2) is 0 Å². The Morgan fingerprint density at radius 2 is 2.08 bits per heavy atom. The first-order chi connectivity index (χ1) is 12.6. The highest BCUT2D eigenvalue weighted by Crippen LogP contribution is 2.31. The molecule has 1 atom stereocenters. The van der Waals surface area contributed by atoms with E-state index in [4.69, 9.17) is 9.57 Å². The van der Waals surface area contributed by atoms with Gasteiger partial charge in [-0.05, 0) is 31.2 Å². The Morgan fingerprint density at radius 3 is 2.73 bits per heavy atom. The van der Waals surface area contributed by atoms with Crippen molar-refractivity contribution in [3.8, 4) is 0 Å². The molecule has 140 valence electrons. The van der Waals surface area contributed by atoms with Gasteiger partial charge in [0.05, 0.1) is 30.0 Å². The summed E-state index contributed by atoms with van der Waals surface area (Å²) in [5.41, 5.74) is 1.26. The molecule has 1 aromatic rings. The summed E-state index contributed by atoms with van der Waals surface area (Å²) in [6.45, 7) is 4.87. The van der Waals surface area contributed by atoms with Crippen molar-refractivity contribution >= 4 is 28.9 Å². The van der Waals surface area contributed by atoms with Crippen molar-refractivity contribution < 1.29 is 19.2 Å². The molecule has 0 saturated carbocycles. The van der Waals surface area contributed by atoms with Gasteiger partial charge in [0, 0.05) is 31.4 Å². The average molecular weight is 377 g/mol. The minimum atomic E-state index is -0.479. The van der Waals surface area contributed by atoms with Crippen LogP contribution in [0.4, 0.5) is 0 Å². The lowest BCUT2D eigenvalue weighted by atomic mass is 9.88. The van der Waals surface area contributed by atoms with Crippen LogP contribution in [0.15, 0.2) is 22.0 Å². The van der Waals surface area contributed by atoms with Crippen LogP contribution < -0.4 is 0 Å². The van der Waals surface area contributed by atoms with Crippen molar-refractivity contribution in [3.63, 3.8) is 0 Å². The molecule has 0 N–H and O–H groups in total. The standard InChI is InChI=1S/C18H23N3O4S/c1-13-10-15(25-19-13)17(23)20-5-3-18(4-6-20)12-21(7-8-24-18)16(22)14-2-9-26-11-14/h2,9,11,15H,3-8,10,12H2,1H3. The van der Waals surface area contributed by atoms with Gasteiger partial charge in [-0.3, -0.25) is 9.59 Å². The molecule has 0 bridgehead atoms. The van der Waals surface area contributed by atoms with E-state index in [2.05, 4.69) is 5.16 Å². The number of carbonyl (C=O) groups is 2. The van der Waals surface area contributed by atoms with Crippen LogP contribution in [0.5, 0.6) is 0 Å². The summed E-state index contributed by atoms with van der Waals surface area (Å²) < 4.78 is 6.09. The fraction of sp³-hybridized carbons (Fsp3) is 0.611. The van der Waals surface area contributed by atoms with Gasteiger partial charge < -0.3 is 19.4 Å². The summed E-state index contributed by atoms with van der Waals surface area (Å²) in [6, 6.07) is 1.86. The van der Waals surface area contributed by atoms with Crippen molar-refractivity contribution in [2.24, 2.45) is 5.16 Å². The second-order valence-corrected chi connectivity index (χ2v) is 8.00. The molecular weight excluding hydrogens is 354 g/mol. The van der Waals surface area contributed by atoms with E-state index in [1.165, 1.54) is 11.3 Å². The first-order valence-electron chi connectivity index (χ1n) is 9.00. The van der Waals surface area contributed by atoms with Gasteiger partial charge in [-0.15, -0.1) is 0 Å². The van der Waals surface area contributed by atoms with Crippen LogP contribution in [0, 0.1) is 0 Å². The van der Waals surface area contributed by atoms with Crippen LogP contribution in [0.2, 0.25) is 0 Å². The maximum Gasteiger partial charge on any atom is 0.266 e. The number of rotatable bonds is 2. The van der Waals surface area contributed by atoms with Crippen LogP contribution in [0.3, 0.4) is 0 Å². The van der Waals surface area contributed by atoms with Crippen molar-refractivity contribution in [1.29, 1.82) is 0 Å². The molecule has 3 aliphatic heterocycles. The van der Waals surface area contributed by atoms with Crippen molar-refractivity contribution in [1.82, 2.24) is 9.80 Å². The summed E-state index contributed by atoms with van der Waals surface area (Å²) in [5, 5.41) is 7.68. The second-order valence-electron chi connectivity index (χ2n) is 7.22. The van der Waals surface area contributed by atoms with Crippen LogP contribution in [0.25, 0.3) is 0 Å². The highest BCUT2D eigenvalue weighted by molar-refractivity contribution is 7.08. The number of carbonyl (C=O) groups excluding carboxylic acids is 2. The number of nitrogens with zero attached hydrogens (tertiary/aromatic N) is 3. The summed E-state index contributed by atoms with van der Waals surface area (Å²) in [7, 11) is 0. The van der Waals surface area contributed by atoms with Gasteiger partial charge in [0.2, 0.25) is 6.10 Å². The van der Waals surface area contributed by atoms with Crippen LogP contribution in [-0.4, -0.2) is 71.8 Å². The number of hydrogen-bond acceptors (Lipinski definition) is 6. The van der Waals surface area contributed by atoms with Gasteiger partial charge in [-0.2, -0.15) is 11.3 Å². The Morgan fingerprint density at radius 1 is 1.27 bits per heavy atom. The molecule has 3 aliphatic rings. The Labute approximate surface area is 156 Å². The van der Waals surface area contributed by atoms with E-state index in [9.17, 15) is 9.59 Å². The zero-order valence-electron chi connectivity index (χ0n) is 14.8. The molecule has 2 fully saturated rings. The number of thiophene rings is 1. The molecule has 0 aliphatic carbocycles. The smallest absolute Gasteiger partial charge is 0.266 e. The van der Waals surface area contributed by atoms with Gasteiger partial charge in [0.25, 0.3) is 11.8 Å². The topological polar surface area (TPSA) is 71.4 Å². The highest BCUT2D eigenvalue weighted by atomic mass is 32.1.